The summed E-state index contributed by atoms with van der Waals surface area (Å²) in [6, 6.07) is 14.0. The van der Waals surface area contributed by atoms with E-state index in [-0.39, 0.29) is 11.3 Å². The van der Waals surface area contributed by atoms with Gasteiger partial charge in [0.25, 0.3) is 11.7 Å². The first-order chi connectivity index (χ1) is 14.6. The lowest BCUT2D eigenvalue weighted by atomic mass is 9.94. The molecule has 6 heteroatoms. The van der Waals surface area contributed by atoms with Gasteiger partial charge in [0.2, 0.25) is 0 Å². The summed E-state index contributed by atoms with van der Waals surface area (Å²) in [4.78, 5) is 30.8. The number of likely N-dealkylation sites (tertiary alicyclic amines) is 1. The van der Waals surface area contributed by atoms with Gasteiger partial charge in [-0.25, -0.2) is 0 Å². The fourth-order valence-corrected chi connectivity index (χ4v) is 4.07. The summed E-state index contributed by atoms with van der Waals surface area (Å²) in [6.07, 6.45) is 3.46. The topological polar surface area (TPSA) is 82.6 Å². The van der Waals surface area contributed by atoms with Gasteiger partial charge in [-0.3, -0.25) is 9.59 Å². The smallest absolute Gasteiger partial charge is 0.295 e. The van der Waals surface area contributed by atoms with E-state index < -0.39 is 17.7 Å². The zero-order valence-electron chi connectivity index (χ0n) is 17.0. The molecular formula is C24H24N2O4. The van der Waals surface area contributed by atoms with Gasteiger partial charge in [0, 0.05) is 29.2 Å². The second-order valence-electron chi connectivity index (χ2n) is 7.34. The first kappa shape index (κ1) is 19.8. The van der Waals surface area contributed by atoms with Crippen LogP contribution in [0.1, 0.15) is 36.9 Å². The number of aliphatic hydroxyl groups is 1. The van der Waals surface area contributed by atoms with Crippen molar-refractivity contribution in [2.75, 3.05) is 13.7 Å². The summed E-state index contributed by atoms with van der Waals surface area (Å²) in [5, 5.41) is 12.1. The largest absolute Gasteiger partial charge is 0.507 e. The van der Waals surface area contributed by atoms with Crippen molar-refractivity contribution in [3.05, 3.63) is 71.4 Å². The molecule has 1 amide bonds. The van der Waals surface area contributed by atoms with E-state index in [1.807, 2.05) is 37.4 Å². The molecule has 2 heterocycles. The number of amides is 1. The second-order valence-corrected chi connectivity index (χ2v) is 7.34. The maximum Gasteiger partial charge on any atom is 0.295 e. The van der Waals surface area contributed by atoms with Crippen LogP contribution in [0, 0.1) is 0 Å². The molecule has 30 heavy (non-hydrogen) atoms. The SMILES string of the molecule is CCCCN1C(=O)C(=O)/C(=C(/O)c2ccccc2OC)C1c1c[nH]c2ccccc12. The Morgan fingerprint density at radius 3 is 2.63 bits per heavy atom. The molecule has 2 N–H and O–H groups in total. The minimum atomic E-state index is -0.676. The van der Waals surface area contributed by atoms with Crippen LogP contribution in [0.25, 0.3) is 16.7 Å². The molecule has 0 aliphatic carbocycles. The Kier molecular flexibility index (Phi) is 5.31. The third kappa shape index (κ3) is 3.14. The number of hydrogen-bond acceptors (Lipinski definition) is 4. The molecule has 0 saturated carbocycles. The van der Waals surface area contributed by atoms with Crippen LogP contribution in [0.4, 0.5) is 0 Å². The maximum absolute atomic E-state index is 13.1. The Bertz CT molecular complexity index is 1140. The molecule has 0 radical (unpaired) electrons. The Balaban J connectivity index is 1.95. The molecule has 1 atom stereocenters. The highest BCUT2D eigenvalue weighted by Crippen LogP contribution is 2.43. The normalized spacial score (nSPS) is 18.3. The van der Waals surface area contributed by atoms with Crippen molar-refractivity contribution >= 4 is 28.4 Å². The molecule has 2 aromatic carbocycles. The molecule has 1 aliphatic heterocycles. The number of fused-ring (bicyclic) bond motifs is 1. The molecule has 3 aromatic rings. The van der Waals surface area contributed by atoms with Gasteiger partial charge in [0.15, 0.2) is 0 Å². The average Bonchev–Trinajstić information content (AvgIpc) is 3.30. The number of aromatic nitrogens is 1. The van der Waals surface area contributed by atoms with Crippen LogP contribution >= 0.6 is 0 Å². The Labute approximate surface area is 174 Å². The highest BCUT2D eigenvalue weighted by molar-refractivity contribution is 6.46. The van der Waals surface area contributed by atoms with Crippen LogP contribution < -0.4 is 4.74 Å². The number of carbonyl (C=O) groups excluding carboxylic acids is 2. The number of H-pyrrole nitrogens is 1. The van der Waals surface area contributed by atoms with E-state index in [2.05, 4.69) is 4.98 Å². The number of unbranched alkanes of at least 4 members (excludes halogenated alkanes) is 1. The summed E-state index contributed by atoms with van der Waals surface area (Å²) in [5.41, 5.74) is 2.17. The van der Waals surface area contributed by atoms with E-state index >= 15 is 0 Å². The first-order valence-corrected chi connectivity index (χ1v) is 10.1. The minimum absolute atomic E-state index is 0.0883. The number of nitrogens with zero attached hydrogens (tertiary/aromatic N) is 1. The van der Waals surface area contributed by atoms with Crippen molar-refractivity contribution in [2.24, 2.45) is 0 Å². The van der Waals surface area contributed by atoms with E-state index in [9.17, 15) is 14.7 Å². The average molecular weight is 404 g/mol. The number of nitrogens with one attached hydrogen (secondary N) is 1. The summed E-state index contributed by atoms with van der Waals surface area (Å²) < 4.78 is 5.37. The predicted molar refractivity (Wildman–Crippen MR) is 115 cm³/mol. The number of rotatable bonds is 6. The third-order valence-corrected chi connectivity index (χ3v) is 5.57. The fraction of sp³-hybridized carbons (Fsp3) is 0.250. The van der Waals surface area contributed by atoms with E-state index in [4.69, 9.17) is 4.74 Å². The molecule has 0 spiro atoms. The second kappa shape index (κ2) is 8.06. The number of ether oxygens (including phenoxy) is 1. The minimum Gasteiger partial charge on any atom is -0.507 e. The third-order valence-electron chi connectivity index (χ3n) is 5.57. The fourth-order valence-electron chi connectivity index (χ4n) is 4.07. The van der Waals surface area contributed by atoms with Gasteiger partial charge < -0.3 is 19.7 Å². The monoisotopic (exact) mass is 404 g/mol. The van der Waals surface area contributed by atoms with Gasteiger partial charge in [-0.2, -0.15) is 0 Å². The van der Waals surface area contributed by atoms with Crippen molar-refractivity contribution in [3.8, 4) is 5.75 Å². The van der Waals surface area contributed by atoms with E-state index in [0.29, 0.717) is 17.9 Å². The van der Waals surface area contributed by atoms with Gasteiger partial charge in [0.05, 0.1) is 24.3 Å². The number of hydrogen-bond donors (Lipinski definition) is 2. The molecular weight excluding hydrogens is 380 g/mol. The summed E-state index contributed by atoms with van der Waals surface area (Å²) in [7, 11) is 1.50. The van der Waals surface area contributed by atoms with Crippen molar-refractivity contribution < 1.29 is 19.4 Å². The molecule has 1 fully saturated rings. The van der Waals surface area contributed by atoms with Gasteiger partial charge >= 0.3 is 0 Å². The van der Waals surface area contributed by atoms with Crippen LogP contribution in [0.15, 0.2) is 60.3 Å². The zero-order chi connectivity index (χ0) is 21.3. The number of aliphatic hydroxyl groups excluding tert-OH is 1. The quantitative estimate of drug-likeness (QED) is 0.362. The summed E-state index contributed by atoms with van der Waals surface area (Å²) >= 11 is 0. The maximum atomic E-state index is 13.1. The summed E-state index contributed by atoms with van der Waals surface area (Å²) in [5.74, 6) is -1.05. The lowest BCUT2D eigenvalue weighted by Gasteiger charge is -2.24. The lowest BCUT2D eigenvalue weighted by Crippen LogP contribution is -2.30. The molecule has 0 bridgehead atoms. The van der Waals surface area contributed by atoms with Crippen molar-refractivity contribution in [2.45, 2.75) is 25.8 Å². The van der Waals surface area contributed by atoms with E-state index in [1.165, 1.54) is 7.11 Å². The lowest BCUT2D eigenvalue weighted by molar-refractivity contribution is -0.139. The van der Waals surface area contributed by atoms with Gasteiger partial charge in [-0.15, -0.1) is 0 Å². The number of Topliss-reactive ketones (excluding diaryl/α,β-unsaturated/α-hetero) is 1. The van der Waals surface area contributed by atoms with Crippen LogP contribution in [0.5, 0.6) is 5.75 Å². The molecule has 1 aliphatic rings. The van der Waals surface area contributed by atoms with Crippen LogP contribution in [-0.4, -0.2) is 40.3 Å². The van der Waals surface area contributed by atoms with Crippen LogP contribution in [0.2, 0.25) is 0 Å². The highest BCUT2D eigenvalue weighted by Gasteiger charge is 2.46. The number of carbonyl (C=O) groups is 2. The predicted octanol–water partition coefficient (Wildman–Crippen LogP) is 4.40. The van der Waals surface area contributed by atoms with Crippen LogP contribution in [0.3, 0.4) is 0 Å². The molecule has 1 unspecified atom stereocenters. The molecule has 4 rings (SSSR count). The Morgan fingerprint density at radius 1 is 1.13 bits per heavy atom. The standard InChI is InChI=1S/C24H24N2O4/c1-3-4-13-26-21(17-14-25-18-11-7-5-9-15(17)18)20(23(28)24(26)29)22(27)16-10-6-8-12-19(16)30-2/h5-12,14,21,25,27H,3-4,13H2,1-2H3/b22-20+. The number of aromatic amines is 1. The highest BCUT2D eigenvalue weighted by atomic mass is 16.5. The van der Waals surface area contributed by atoms with E-state index in [1.54, 1.807) is 29.2 Å². The number of ketones is 1. The molecule has 1 aromatic heterocycles. The zero-order valence-corrected chi connectivity index (χ0v) is 17.0. The van der Waals surface area contributed by atoms with Crippen molar-refractivity contribution in [1.29, 1.82) is 0 Å². The first-order valence-electron chi connectivity index (χ1n) is 10.1. The summed E-state index contributed by atoms with van der Waals surface area (Å²) in [6.45, 7) is 2.47. The van der Waals surface area contributed by atoms with Gasteiger partial charge in [-0.1, -0.05) is 43.7 Å². The molecule has 6 nitrogen and oxygen atoms in total. The van der Waals surface area contributed by atoms with Crippen molar-refractivity contribution in [3.63, 3.8) is 0 Å². The van der Waals surface area contributed by atoms with Gasteiger partial charge in [-0.05, 0) is 24.6 Å². The molecule has 154 valence electrons. The van der Waals surface area contributed by atoms with Crippen molar-refractivity contribution in [1.82, 2.24) is 9.88 Å². The number of methoxy groups -OCH3 is 1. The number of para-hydroxylation sites is 2. The Hall–Kier alpha value is -3.54. The Morgan fingerprint density at radius 2 is 1.87 bits per heavy atom. The van der Waals surface area contributed by atoms with Gasteiger partial charge in [0.1, 0.15) is 11.5 Å². The van der Waals surface area contributed by atoms with Crippen LogP contribution in [-0.2, 0) is 9.59 Å². The molecule has 1 saturated heterocycles. The number of benzene rings is 2. The van der Waals surface area contributed by atoms with E-state index in [0.717, 1.165) is 29.3 Å².